The number of ether oxygens (including phenoxy) is 3. The number of hydrogen-bond acceptors (Lipinski definition) is 19. The number of rotatable bonds is 24. The van der Waals surface area contributed by atoms with Crippen molar-refractivity contribution in [2.75, 3.05) is 83.5 Å². The summed E-state index contributed by atoms with van der Waals surface area (Å²) in [5, 5.41) is 47.3. The molecule has 2 aliphatic carbocycles. The Morgan fingerprint density at radius 2 is 1.70 bits per heavy atom. The number of carboxylic acids is 2. The average Bonchev–Trinajstić information content (AvgIpc) is 1.53. The molecule has 5 aliphatic heterocycles. The zero-order valence-corrected chi connectivity index (χ0v) is 50.9. The molecule has 5 heterocycles. The van der Waals surface area contributed by atoms with Gasteiger partial charge < -0.3 is 50.2 Å². The maximum Gasteiger partial charge on any atom is 0.407 e. The fourth-order valence-electron chi connectivity index (χ4n) is 15.5. The van der Waals surface area contributed by atoms with E-state index in [1.54, 1.807) is 7.11 Å². The zero-order valence-electron chi connectivity index (χ0n) is 48.4. The molecule has 456 valence electrons. The van der Waals surface area contributed by atoms with Crippen LogP contribution in [0, 0.1) is 17.3 Å². The van der Waals surface area contributed by atoms with Crippen LogP contribution in [0.2, 0.25) is 0 Å². The molecule has 84 heavy (non-hydrogen) atoms. The van der Waals surface area contributed by atoms with Crippen LogP contribution in [0.5, 0.6) is 5.75 Å². The highest BCUT2D eigenvalue weighted by atomic mass is 33.1. The smallest absolute Gasteiger partial charge is 0.407 e. The third-order valence-electron chi connectivity index (χ3n) is 18.9. The van der Waals surface area contributed by atoms with Crippen LogP contribution >= 0.6 is 33.5 Å². The Bertz CT molecular complexity index is 2980. The van der Waals surface area contributed by atoms with E-state index >= 15 is 9.59 Å². The monoisotopic (exact) mass is 1220 g/mol. The molecule has 9 rings (SSSR count). The van der Waals surface area contributed by atoms with Gasteiger partial charge in [0.2, 0.25) is 11.8 Å². The normalized spacial score (nSPS) is 29.7. The minimum atomic E-state index is -1.43. The lowest BCUT2D eigenvalue weighted by atomic mass is 9.48. The van der Waals surface area contributed by atoms with Gasteiger partial charge in [0.15, 0.2) is 11.6 Å². The van der Waals surface area contributed by atoms with Gasteiger partial charge >= 0.3 is 24.0 Å². The first-order valence-corrected chi connectivity index (χ1v) is 32.2. The number of carbonyl (C=O) groups excluding carboxylic acids is 6. The minimum absolute atomic E-state index is 0.0207. The van der Waals surface area contributed by atoms with Crippen LogP contribution in [0.15, 0.2) is 54.1 Å². The van der Waals surface area contributed by atoms with Crippen LogP contribution in [-0.4, -0.2) is 191 Å². The lowest BCUT2D eigenvalue weighted by Gasteiger charge is -2.61. The van der Waals surface area contributed by atoms with Crippen molar-refractivity contribution in [3.05, 3.63) is 76.4 Å². The van der Waals surface area contributed by atoms with Crippen molar-refractivity contribution in [1.29, 1.82) is 0 Å². The number of nitrogens with one attached hydrogen (secondary N) is 3. The van der Waals surface area contributed by atoms with E-state index < -0.39 is 112 Å². The maximum atomic E-state index is 15.5. The van der Waals surface area contributed by atoms with E-state index in [1.165, 1.54) is 28.7 Å². The van der Waals surface area contributed by atoms with Crippen molar-refractivity contribution in [3.8, 4) is 5.75 Å². The van der Waals surface area contributed by atoms with Crippen molar-refractivity contribution in [1.82, 2.24) is 25.2 Å². The maximum absolute atomic E-state index is 15.5. The summed E-state index contributed by atoms with van der Waals surface area (Å²) in [5.41, 5.74) is 2.95. The zero-order chi connectivity index (χ0) is 60.5. The lowest BCUT2D eigenvalue weighted by molar-refractivity contribution is -0.148. The highest BCUT2D eigenvalue weighted by Crippen LogP contribution is 2.67. The van der Waals surface area contributed by atoms with E-state index in [0.717, 1.165) is 47.0 Å². The highest BCUT2D eigenvalue weighted by Gasteiger charge is 2.73. The Morgan fingerprint density at radius 1 is 0.940 bits per heavy atom. The molecule has 2 saturated heterocycles. The molecule has 0 radical (unpaired) electrons. The molecule has 7 aliphatic rings. The third-order valence-corrected chi connectivity index (χ3v) is 22.3. The number of Topliss-reactive ketones (excluding diaryl/α,β-unsaturated/α-hetero) is 2. The molecular weight excluding hydrogens is 1140 g/mol. The van der Waals surface area contributed by atoms with Gasteiger partial charge in [-0.1, -0.05) is 71.9 Å². The molecule has 7 N–H and O–H groups in total. The summed E-state index contributed by atoms with van der Waals surface area (Å²) in [6, 6.07) is 10.3. The first-order valence-electron chi connectivity index (χ1n) is 28.9. The van der Waals surface area contributed by atoms with Gasteiger partial charge in [-0.25, -0.2) is 4.79 Å². The van der Waals surface area contributed by atoms with Crippen molar-refractivity contribution < 1.29 is 73.0 Å². The second kappa shape index (κ2) is 25.8. The van der Waals surface area contributed by atoms with Gasteiger partial charge in [-0.3, -0.25) is 48.1 Å². The number of fused-ring (bicyclic) bond motifs is 5. The predicted octanol–water partition coefficient (Wildman–Crippen LogP) is 4.68. The molecule has 0 aromatic heterocycles. The second-order valence-corrected chi connectivity index (χ2v) is 27.2. The number of anilines is 1. The van der Waals surface area contributed by atoms with Gasteiger partial charge in [-0.15, -0.1) is 0 Å². The Labute approximate surface area is 501 Å². The number of amides is 3. The van der Waals surface area contributed by atoms with Gasteiger partial charge in [0, 0.05) is 98.7 Å². The first kappa shape index (κ1) is 62.9. The number of alkyl carbamates (subject to hydrolysis) is 1. The molecule has 12 atom stereocenters. The molecule has 2 bridgehead atoms. The summed E-state index contributed by atoms with van der Waals surface area (Å²) in [6.45, 7) is 8.06. The lowest BCUT2D eigenvalue weighted by Crippen LogP contribution is -2.73. The van der Waals surface area contributed by atoms with Gasteiger partial charge in [-0.05, 0) is 103 Å². The Hall–Kier alpha value is -5.63. The molecule has 2 aromatic carbocycles. The molecule has 1 spiro atoms. The van der Waals surface area contributed by atoms with Gasteiger partial charge in [0.05, 0.1) is 56.9 Å². The van der Waals surface area contributed by atoms with Gasteiger partial charge in [0.1, 0.15) is 23.0 Å². The van der Waals surface area contributed by atoms with Gasteiger partial charge in [0.25, 0.3) is 0 Å². The fourth-order valence-corrected chi connectivity index (χ4v) is 18.1. The molecule has 1 saturated carbocycles. The Morgan fingerprint density at radius 3 is 2.40 bits per heavy atom. The van der Waals surface area contributed by atoms with E-state index in [2.05, 4.69) is 67.3 Å². The molecule has 3 fully saturated rings. The number of ketones is 2. The van der Waals surface area contributed by atoms with Crippen LogP contribution in [0.3, 0.4) is 0 Å². The number of esters is 1. The van der Waals surface area contributed by atoms with Crippen molar-refractivity contribution in [2.24, 2.45) is 17.3 Å². The number of aliphatic hydroxyl groups excluding tert-OH is 1. The van der Waals surface area contributed by atoms with E-state index in [-0.39, 0.29) is 30.8 Å². The number of hydrogen-bond donors (Lipinski definition) is 7. The number of carboxylic acid groups (broad SMARTS) is 2. The van der Waals surface area contributed by atoms with Crippen molar-refractivity contribution >= 4 is 92.2 Å². The predicted molar refractivity (Wildman–Crippen MR) is 319 cm³/mol. The number of methoxy groups -OCH3 is 2. The molecule has 3 unspecified atom stereocenters. The molecular formula is C60H78N6O15S3. The topological polar surface area (TPSA) is 291 Å². The van der Waals surface area contributed by atoms with Gasteiger partial charge in [-0.2, -0.15) is 0 Å². The van der Waals surface area contributed by atoms with Crippen LogP contribution in [0.1, 0.15) is 101 Å². The van der Waals surface area contributed by atoms with Crippen LogP contribution in [0.25, 0.3) is 5.57 Å². The number of benzene rings is 2. The standard InChI is InChI=1S/C60H78N6O15S3/c1-7-57(78)29-35-30-60(55(76)80-6,39-24-36-12-9-10-13-37(36)38(39)14-19-65(32-35)33-57)41-25-40-43(27-46(41)79-5)64(4)51-50(52(73)58(8-2)16-11-18-66-20-17-59(40,51)54(58)66)45(69)31-61-56(77)81-21-23-83-82-22-15-48(70)63-84-47(53(74)75)28-44(68)42(26-49(71)72)62-34(3)67/h9-13,16,25,27,35,42,47,50-52,54,73,78H,7-8,14-15,17-24,26,28-33H2,1-6H3,(H,61,77)(H,62,67)(H,63,70)(H,71,72)(H,74,75)/t35-,42+,47-,50-,51?,52+,54+,57?,58+,59+,60-/m1/s1. The Kier molecular flexibility index (Phi) is 19.3. The SMILES string of the molecule is CCC1(O)C[C@H]2CN(CCC3=C(Cc4ccccc43)[C@@](C(=O)OC)(c3cc4c(cc3OC)N(C)C3[C@@H](C(=O)CNC(=O)OCCSSCCC(=O)NS[C@H](CC(=O)[C@H](CC(=O)O)NC(C)=O)C(=O)O)[C@H](O)[C@]5(CC)C=CCN6CC[C@]43[C@@H]65)C2)C1. The largest absolute Gasteiger partial charge is 0.496 e. The molecule has 3 amide bonds. The van der Waals surface area contributed by atoms with Crippen LogP contribution in [0.4, 0.5) is 10.5 Å². The minimum Gasteiger partial charge on any atom is -0.496 e. The average molecular weight is 1220 g/mol. The number of aliphatic carboxylic acids is 2. The Balaban J connectivity index is 0.911. The second-order valence-electron chi connectivity index (χ2n) is 23.5. The number of nitrogens with zero attached hydrogens (tertiary/aromatic N) is 3. The molecule has 24 heteroatoms. The summed E-state index contributed by atoms with van der Waals surface area (Å²) in [7, 11) is 7.66. The summed E-state index contributed by atoms with van der Waals surface area (Å²) in [6.07, 6.45) is 4.69. The summed E-state index contributed by atoms with van der Waals surface area (Å²) in [5.74, 6) is -5.45. The third kappa shape index (κ3) is 11.7. The van der Waals surface area contributed by atoms with Crippen molar-refractivity contribution in [3.63, 3.8) is 0 Å². The van der Waals surface area contributed by atoms with E-state index in [4.69, 9.17) is 19.3 Å². The van der Waals surface area contributed by atoms with Crippen LogP contribution < -0.4 is 25.0 Å². The number of piperidine rings is 1. The summed E-state index contributed by atoms with van der Waals surface area (Å²) in [4.78, 5) is 111. The number of likely N-dealkylation sites (N-methyl/N-ethyl adjacent to an activating group) is 1. The quantitative estimate of drug-likeness (QED) is 0.0247. The van der Waals surface area contributed by atoms with E-state index in [9.17, 15) is 44.1 Å². The van der Waals surface area contributed by atoms with E-state index in [1.807, 2.05) is 32.2 Å². The van der Waals surface area contributed by atoms with Crippen molar-refractivity contribution in [2.45, 2.75) is 131 Å². The van der Waals surface area contributed by atoms with Crippen LogP contribution in [-0.2, 0) is 60.3 Å². The number of aliphatic hydroxyl groups is 2. The summed E-state index contributed by atoms with van der Waals surface area (Å²) >= 11 is 0.503. The first-order chi connectivity index (χ1) is 40.1. The summed E-state index contributed by atoms with van der Waals surface area (Å²) < 4.78 is 20.4. The fraction of sp³-hybridized carbons (Fsp3) is 0.600. The van der Waals surface area contributed by atoms with E-state index in [0.29, 0.717) is 106 Å². The molecule has 2 aromatic rings. The highest BCUT2D eigenvalue weighted by molar-refractivity contribution is 8.76. The molecule has 21 nitrogen and oxygen atoms in total. The number of carbonyl (C=O) groups is 8.